The molecular weight excluding hydrogens is 146 g/mol. The van der Waals surface area contributed by atoms with Crippen molar-refractivity contribution in [3.8, 4) is 0 Å². The molecule has 0 fully saturated rings. The van der Waals surface area contributed by atoms with E-state index in [4.69, 9.17) is 11.5 Å². The van der Waals surface area contributed by atoms with Crippen molar-refractivity contribution >= 4 is 17.8 Å². The minimum atomic E-state index is -0.216. The third kappa shape index (κ3) is 1.28. The lowest BCUT2D eigenvalue weighted by atomic mass is 10.5. The van der Waals surface area contributed by atoms with Crippen molar-refractivity contribution in [1.29, 1.82) is 0 Å². The lowest BCUT2D eigenvalue weighted by Gasteiger charge is -1.95. The van der Waals surface area contributed by atoms with E-state index in [-0.39, 0.29) is 17.8 Å². The Morgan fingerprint density at radius 1 is 1.64 bits per heavy atom. The second kappa shape index (κ2) is 2.57. The first-order valence-electron chi connectivity index (χ1n) is 3.16. The van der Waals surface area contributed by atoms with E-state index in [1.165, 1.54) is 0 Å². The van der Waals surface area contributed by atoms with E-state index in [9.17, 15) is 4.79 Å². The van der Waals surface area contributed by atoms with Gasteiger partial charge in [-0.15, -0.1) is 5.10 Å². The van der Waals surface area contributed by atoms with E-state index >= 15 is 0 Å². The van der Waals surface area contributed by atoms with Gasteiger partial charge in [-0.25, -0.2) is 0 Å². The lowest BCUT2D eigenvalue weighted by Crippen LogP contribution is -2.13. The van der Waals surface area contributed by atoms with E-state index in [1.807, 2.05) is 0 Å². The highest BCUT2D eigenvalue weighted by atomic mass is 16.2. The van der Waals surface area contributed by atoms with E-state index < -0.39 is 0 Å². The van der Waals surface area contributed by atoms with Crippen LogP contribution in [0.4, 0.5) is 11.9 Å². The van der Waals surface area contributed by atoms with Gasteiger partial charge in [-0.2, -0.15) is 9.67 Å². The zero-order valence-electron chi connectivity index (χ0n) is 6.11. The zero-order valence-corrected chi connectivity index (χ0v) is 6.11. The maximum atomic E-state index is 11.0. The summed E-state index contributed by atoms with van der Waals surface area (Å²) in [7, 11) is 0. The number of hydrogen-bond acceptors (Lipinski definition) is 5. The van der Waals surface area contributed by atoms with Gasteiger partial charge in [-0.1, -0.05) is 6.92 Å². The minimum Gasteiger partial charge on any atom is -0.368 e. The fourth-order valence-corrected chi connectivity index (χ4v) is 0.674. The van der Waals surface area contributed by atoms with E-state index in [0.717, 1.165) is 4.68 Å². The summed E-state index contributed by atoms with van der Waals surface area (Å²) < 4.78 is 0.995. The van der Waals surface area contributed by atoms with Crippen LogP contribution in [0.2, 0.25) is 0 Å². The van der Waals surface area contributed by atoms with Gasteiger partial charge in [0.2, 0.25) is 17.8 Å². The fraction of sp³-hybridized carbons (Fsp3) is 0.400. The van der Waals surface area contributed by atoms with E-state index in [1.54, 1.807) is 6.92 Å². The van der Waals surface area contributed by atoms with Crippen LogP contribution in [0.15, 0.2) is 0 Å². The zero-order chi connectivity index (χ0) is 8.43. The molecule has 1 aromatic heterocycles. The quantitative estimate of drug-likeness (QED) is 0.569. The Balaban J connectivity index is 3.03. The molecule has 0 aliphatic heterocycles. The van der Waals surface area contributed by atoms with Gasteiger partial charge in [0.05, 0.1) is 0 Å². The fourth-order valence-electron chi connectivity index (χ4n) is 0.674. The molecule has 6 nitrogen and oxygen atoms in total. The molecule has 0 atom stereocenters. The molecule has 6 heteroatoms. The van der Waals surface area contributed by atoms with Gasteiger partial charge in [-0.05, 0) is 0 Å². The molecule has 1 heterocycles. The molecule has 60 valence electrons. The summed E-state index contributed by atoms with van der Waals surface area (Å²) >= 11 is 0. The molecule has 0 unspecified atom stereocenters. The van der Waals surface area contributed by atoms with Gasteiger partial charge < -0.3 is 11.5 Å². The number of anilines is 2. The molecule has 0 spiro atoms. The summed E-state index contributed by atoms with van der Waals surface area (Å²) in [5, 5.41) is 3.59. The highest BCUT2D eigenvalue weighted by Gasteiger charge is 2.09. The molecule has 0 radical (unpaired) electrons. The smallest absolute Gasteiger partial charge is 0.249 e. The number of nitrogens with zero attached hydrogens (tertiary/aromatic N) is 3. The topological polar surface area (TPSA) is 99.8 Å². The van der Waals surface area contributed by atoms with Crippen LogP contribution in [0, 0.1) is 0 Å². The average molecular weight is 155 g/mol. The van der Waals surface area contributed by atoms with Crippen LogP contribution in [0.25, 0.3) is 0 Å². The van der Waals surface area contributed by atoms with Gasteiger partial charge in [0, 0.05) is 6.42 Å². The Morgan fingerprint density at radius 2 is 2.27 bits per heavy atom. The van der Waals surface area contributed by atoms with Crippen LogP contribution in [0.5, 0.6) is 0 Å². The number of nitrogens with two attached hydrogens (primary N) is 2. The van der Waals surface area contributed by atoms with Crippen molar-refractivity contribution in [3.05, 3.63) is 0 Å². The number of nitrogen functional groups attached to an aromatic ring is 2. The Labute approximate surface area is 63.2 Å². The summed E-state index contributed by atoms with van der Waals surface area (Å²) in [6.45, 7) is 1.71. The molecule has 4 N–H and O–H groups in total. The van der Waals surface area contributed by atoms with E-state index in [2.05, 4.69) is 10.1 Å². The normalized spacial score (nSPS) is 9.91. The molecule has 1 aromatic rings. The molecular formula is C5H9N5O. The van der Waals surface area contributed by atoms with Crippen LogP contribution in [0.1, 0.15) is 18.1 Å². The first-order valence-corrected chi connectivity index (χ1v) is 3.16. The predicted octanol–water partition coefficient (Wildman–Crippen LogP) is -0.507. The number of carbonyl (C=O) groups excluding carboxylic acids is 1. The van der Waals surface area contributed by atoms with Gasteiger partial charge in [0.15, 0.2) is 0 Å². The van der Waals surface area contributed by atoms with Crippen LogP contribution in [-0.2, 0) is 0 Å². The van der Waals surface area contributed by atoms with Crippen molar-refractivity contribution in [2.75, 3.05) is 11.5 Å². The Morgan fingerprint density at radius 3 is 2.64 bits per heavy atom. The Kier molecular flexibility index (Phi) is 1.75. The summed E-state index contributed by atoms with van der Waals surface area (Å²) in [5.74, 6) is -0.162. The molecule has 11 heavy (non-hydrogen) atoms. The third-order valence-electron chi connectivity index (χ3n) is 1.19. The van der Waals surface area contributed by atoms with Gasteiger partial charge in [-0.3, -0.25) is 4.79 Å². The highest BCUT2D eigenvalue weighted by molar-refractivity contribution is 5.80. The number of hydrogen-bond donors (Lipinski definition) is 2. The maximum absolute atomic E-state index is 11.0. The van der Waals surface area contributed by atoms with Gasteiger partial charge >= 0.3 is 0 Å². The van der Waals surface area contributed by atoms with Crippen LogP contribution in [-0.4, -0.2) is 20.7 Å². The summed E-state index contributed by atoms with van der Waals surface area (Å²) in [6, 6.07) is 0. The molecule has 0 saturated heterocycles. The van der Waals surface area contributed by atoms with Crippen LogP contribution in [0.3, 0.4) is 0 Å². The van der Waals surface area contributed by atoms with Crippen molar-refractivity contribution in [2.45, 2.75) is 13.3 Å². The maximum Gasteiger partial charge on any atom is 0.249 e. The standard InChI is InChI=1S/C5H9N5O/c1-2-3(11)10-5(7)8-4(6)9-10/h2H2,1H3,(H4,6,7,8,9). The average Bonchev–Trinajstić information content (AvgIpc) is 2.28. The van der Waals surface area contributed by atoms with Crippen LogP contribution < -0.4 is 11.5 Å². The lowest BCUT2D eigenvalue weighted by molar-refractivity contribution is 0.0896. The number of rotatable bonds is 1. The summed E-state index contributed by atoms with van der Waals surface area (Å²) in [4.78, 5) is 14.5. The molecule has 0 aromatic carbocycles. The van der Waals surface area contributed by atoms with Crippen molar-refractivity contribution in [3.63, 3.8) is 0 Å². The van der Waals surface area contributed by atoms with Gasteiger partial charge in [0.25, 0.3) is 0 Å². The monoisotopic (exact) mass is 155 g/mol. The first kappa shape index (κ1) is 7.52. The van der Waals surface area contributed by atoms with Crippen molar-refractivity contribution in [2.24, 2.45) is 0 Å². The summed E-state index contributed by atoms with van der Waals surface area (Å²) in [5.41, 5.74) is 10.5. The number of aromatic nitrogens is 3. The second-order valence-electron chi connectivity index (χ2n) is 1.99. The van der Waals surface area contributed by atoms with E-state index in [0.29, 0.717) is 6.42 Å². The highest BCUT2D eigenvalue weighted by Crippen LogP contribution is 2.01. The molecule has 0 aliphatic rings. The molecule has 1 rings (SSSR count). The Hall–Kier alpha value is -1.59. The van der Waals surface area contributed by atoms with Crippen molar-refractivity contribution < 1.29 is 4.79 Å². The molecule has 0 bridgehead atoms. The molecule has 0 amide bonds. The molecule has 0 saturated carbocycles. The van der Waals surface area contributed by atoms with Crippen LogP contribution >= 0.6 is 0 Å². The first-order chi connectivity index (χ1) is 5.15. The van der Waals surface area contributed by atoms with Gasteiger partial charge in [0.1, 0.15) is 0 Å². The number of carbonyl (C=O) groups is 1. The largest absolute Gasteiger partial charge is 0.368 e. The summed E-state index contributed by atoms with van der Waals surface area (Å²) in [6.07, 6.45) is 0.326. The molecule has 0 aliphatic carbocycles. The van der Waals surface area contributed by atoms with Crippen molar-refractivity contribution in [1.82, 2.24) is 14.8 Å². The Bertz CT molecular complexity index is 278. The minimum absolute atomic E-state index is 0.0179. The predicted molar refractivity (Wildman–Crippen MR) is 39.8 cm³/mol. The SMILES string of the molecule is CCC(=O)n1nc(N)nc1N. The second-order valence-corrected chi connectivity index (χ2v) is 1.99. The third-order valence-corrected chi connectivity index (χ3v) is 1.19.